The molecule has 0 spiro atoms. The lowest BCUT2D eigenvalue weighted by atomic mass is 9.99. The van der Waals surface area contributed by atoms with E-state index in [9.17, 15) is 13.6 Å². The molecule has 0 saturated heterocycles. The van der Waals surface area contributed by atoms with Crippen LogP contribution in [0, 0.1) is 5.92 Å². The van der Waals surface area contributed by atoms with Gasteiger partial charge >= 0.3 is 5.92 Å². The van der Waals surface area contributed by atoms with Gasteiger partial charge < -0.3 is 19.5 Å². The van der Waals surface area contributed by atoms with E-state index < -0.39 is 24.0 Å². The normalized spacial score (nSPS) is 15.4. The first kappa shape index (κ1) is 22.8. The second-order valence-corrected chi connectivity index (χ2v) is 8.56. The largest absolute Gasteiger partial charge is 0.489 e. The monoisotopic (exact) mass is 459 g/mol. The second-order valence-electron chi connectivity index (χ2n) is 8.56. The smallest absolute Gasteiger partial charge is 0.321 e. The summed E-state index contributed by atoms with van der Waals surface area (Å²) >= 11 is 0. The third-order valence-corrected chi connectivity index (χ3v) is 5.55. The van der Waals surface area contributed by atoms with E-state index in [4.69, 9.17) is 14.2 Å². The summed E-state index contributed by atoms with van der Waals surface area (Å²) in [6, 6.07) is 10.6. The van der Waals surface area contributed by atoms with Crippen molar-refractivity contribution in [2.24, 2.45) is 5.92 Å². The number of hydrogen-bond acceptors (Lipinski definition) is 5. The Labute approximate surface area is 190 Å². The molecule has 3 aromatic rings. The number of ether oxygens (including phenoxy) is 3. The second kappa shape index (κ2) is 8.88. The number of hydrogen-bond donors (Lipinski definition) is 1. The summed E-state index contributed by atoms with van der Waals surface area (Å²) in [7, 11) is 0. The first-order valence-corrected chi connectivity index (χ1v) is 10.9. The fraction of sp³-hybridized carbons (Fsp3) is 0.417. The van der Waals surface area contributed by atoms with Crippen molar-refractivity contribution < 1.29 is 27.8 Å². The summed E-state index contributed by atoms with van der Waals surface area (Å²) in [5.41, 5.74) is 1.70. The molecule has 2 aromatic carbocycles. The molecule has 0 aliphatic carbocycles. The molecule has 1 amide bonds. The summed E-state index contributed by atoms with van der Waals surface area (Å²) in [4.78, 5) is 11.8. The van der Waals surface area contributed by atoms with Crippen molar-refractivity contribution in [3.8, 4) is 22.9 Å². The van der Waals surface area contributed by atoms with Crippen LogP contribution in [0.5, 0.6) is 17.2 Å². The zero-order chi connectivity index (χ0) is 23.8. The molecule has 1 aliphatic rings. The van der Waals surface area contributed by atoms with E-state index in [1.54, 1.807) is 23.9 Å². The minimum Gasteiger partial charge on any atom is -0.489 e. The molecule has 1 aromatic heterocycles. The van der Waals surface area contributed by atoms with Crippen LogP contribution in [0.25, 0.3) is 16.6 Å². The molecule has 9 heteroatoms. The summed E-state index contributed by atoms with van der Waals surface area (Å²) in [5.74, 6) is -2.93. The molecule has 0 unspecified atom stereocenters. The van der Waals surface area contributed by atoms with E-state index in [-0.39, 0.29) is 5.92 Å². The van der Waals surface area contributed by atoms with Gasteiger partial charge in [-0.05, 0) is 43.2 Å². The van der Waals surface area contributed by atoms with E-state index in [0.717, 1.165) is 16.6 Å². The van der Waals surface area contributed by atoms with Crippen LogP contribution in [0.4, 0.5) is 8.78 Å². The number of rotatable bonds is 7. The van der Waals surface area contributed by atoms with Gasteiger partial charge in [-0.1, -0.05) is 13.8 Å². The molecule has 0 fully saturated rings. The number of carbonyl (C=O) groups is 1. The molecule has 1 N–H and O–H groups in total. The average molecular weight is 459 g/mol. The van der Waals surface area contributed by atoms with Crippen LogP contribution < -0.4 is 19.5 Å². The zero-order valence-corrected chi connectivity index (χ0v) is 19.0. The minimum atomic E-state index is -3.45. The number of nitrogens with zero attached hydrogens (tertiary/aromatic N) is 2. The topological polar surface area (TPSA) is 74.6 Å². The maximum absolute atomic E-state index is 13.4. The Hall–Kier alpha value is -3.36. The van der Waals surface area contributed by atoms with Crippen molar-refractivity contribution in [3.05, 3.63) is 42.6 Å². The van der Waals surface area contributed by atoms with Gasteiger partial charge in [0.05, 0.1) is 23.4 Å². The number of amides is 1. The van der Waals surface area contributed by atoms with Gasteiger partial charge in [-0.25, -0.2) is 4.68 Å². The molecule has 2 atom stereocenters. The predicted octanol–water partition coefficient (Wildman–Crippen LogP) is 4.36. The summed E-state index contributed by atoms with van der Waals surface area (Å²) in [6.07, 6.45) is 1.20. The number of carbonyl (C=O) groups excluding carboxylic acids is 1. The van der Waals surface area contributed by atoms with Gasteiger partial charge in [0, 0.05) is 18.4 Å². The van der Waals surface area contributed by atoms with Crippen molar-refractivity contribution >= 4 is 16.8 Å². The first-order valence-electron chi connectivity index (χ1n) is 10.9. The van der Waals surface area contributed by atoms with Gasteiger partial charge in [-0.3, -0.25) is 4.79 Å². The van der Waals surface area contributed by atoms with Gasteiger partial charge in [0.1, 0.15) is 25.1 Å². The molecule has 2 heterocycles. The molecular weight excluding hydrogens is 432 g/mol. The van der Waals surface area contributed by atoms with Gasteiger partial charge in [0.15, 0.2) is 11.5 Å². The highest BCUT2D eigenvalue weighted by atomic mass is 19.3. The Balaban J connectivity index is 1.54. The number of halogens is 2. The standard InChI is InChI=1S/C24H27F2N3O4/c1-14(2)22(28-23(30)24(4,25)26)15(3)33-18-6-7-19-16(11-18)13-27-29(19)17-5-8-20-21(12-17)32-10-9-31-20/h5-8,11-15,22H,9-10H2,1-4H3,(H,28,30)/t15-,22+/m1/s1. The Morgan fingerprint density at radius 1 is 1.12 bits per heavy atom. The fourth-order valence-corrected chi connectivity index (χ4v) is 3.85. The number of alkyl halides is 2. The van der Waals surface area contributed by atoms with Crippen LogP contribution in [0.3, 0.4) is 0 Å². The molecule has 0 radical (unpaired) electrons. The Morgan fingerprint density at radius 3 is 2.55 bits per heavy atom. The summed E-state index contributed by atoms with van der Waals surface area (Å²) in [5, 5.41) is 7.75. The van der Waals surface area contributed by atoms with Crippen LogP contribution in [0.1, 0.15) is 27.7 Å². The van der Waals surface area contributed by atoms with Crippen LogP contribution >= 0.6 is 0 Å². The summed E-state index contributed by atoms with van der Waals surface area (Å²) in [6.45, 7) is 7.06. The maximum Gasteiger partial charge on any atom is 0.321 e. The highest BCUT2D eigenvalue weighted by Gasteiger charge is 2.36. The number of benzene rings is 2. The van der Waals surface area contributed by atoms with E-state index in [1.165, 1.54) is 0 Å². The van der Waals surface area contributed by atoms with Crippen LogP contribution in [0.2, 0.25) is 0 Å². The maximum atomic E-state index is 13.4. The van der Waals surface area contributed by atoms with Crippen molar-refractivity contribution in [1.82, 2.24) is 15.1 Å². The summed E-state index contributed by atoms with van der Waals surface area (Å²) < 4.78 is 45.8. The van der Waals surface area contributed by atoms with Gasteiger partial charge in [0.2, 0.25) is 0 Å². The molecule has 4 rings (SSSR count). The third-order valence-electron chi connectivity index (χ3n) is 5.55. The van der Waals surface area contributed by atoms with E-state index in [2.05, 4.69) is 10.4 Å². The third kappa shape index (κ3) is 4.86. The fourth-order valence-electron chi connectivity index (χ4n) is 3.85. The molecule has 1 aliphatic heterocycles. The zero-order valence-electron chi connectivity index (χ0n) is 19.0. The van der Waals surface area contributed by atoms with Crippen molar-refractivity contribution in [2.45, 2.75) is 45.8 Å². The number of aromatic nitrogens is 2. The first-order chi connectivity index (χ1) is 15.6. The molecule has 0 saturated carbocycles. The minimum absolute atomic E-state index is 0.104. The van der Waals surface area contributed by atoms with Crippen molar-refractivity contribution in [3.63, 3.8) is 0 Å². The van der Waals surface area contributed by atoms with Crippen molar-refractivity contribution in [2.75, 3.05) is 13.2 Å². The molecule has 7 nitrogen and oxygen atoms in total. The van der Waals surface area contributed by atoms with Crippen LogP contribution in [0.15, 0.2) is 42.6 Å². The Kier molecular flexibility index (Phi) is 6.14. The number of nitrogens with one attached hydrogen (secondary N) is 1. The van der Waals surface area contributed by atoms with Crippen molar-refractivity contribution in [1.29, 1.82) is 0 Å². The van der Waals surface area contributed by atoms with Crippen LogP contribution in [-0.2, 0) is 4.79 Å². The average Bonchev–Trinajstić information content (AvgIpc) is 3.19. The van der Waals surface area contributed by atoms with E-state index >= 15 is 0 Å². The van der Waals surface area contributed by atoms with E-state index in [1.807, 2.05) is 44.2 Å². The number of fused-ring (bicyclic) bond motifs is 2. The Bertz CT molecular complexity index is 1160. The highest BCUT2D eigenvalue weighted by molar-refractivity contribution is 5.83. The SMILES string of the molecule is CC(C)[C@H](NC(=O)C(C)(F)F)[C@@H](C)Oc1ccc2c(cnn2-c2ccc3c(c2)OCCO3)c1. The van der Waals surface area contributed by atoms with Gasteiger partial charge in [0.25, 0.3) is 5.91 Å². The van der Waals surface area contributed by atoms with Crippen LogP contribution in [-0.4, -0.2) is 47.0 Å². The highest BCUT2D eigenvalue weighted by Crippen LogP contribution is 2.33. The predicted molar refractivity (Wildman–Crippen MR) is 120 cm³/mol. The molecule has 0 bridgehead atoms. The Morgan fingerprint density at radius 2 is 1.85 bits per heavy atom. The lowest BCUT2D eigenvalue weighted by molar-refractivity contribution is -0.144. The molecular formula is C24H27F2N3O4. The van der Waals surface area contributed by atoms with Gasteiger partial charge in [-0.15, -0.1) is 0 Å². The molecule has 33 heavy (non-hydrogen) atoms. The van der Waals surface area contributed by atoms with Gasteiger partial charge in [-0.2, -0.15) is 13.9 Å². The van der Waals surface area contributed by atoms with E-state index in [0.29, 0.717) is 37.4 Å². The molecule has 176 valence electrons. The quantitative estimate of drug-likeness (QED) is 0.568. The lowest BCUT2D eigenvalue weighted by Gasteiger charge is -2.30. The lowest BCUT2D eigenvalue weighted by Crippen LogP contribution is -2.52.